The third-order valence-electron chi connectivity index (χ3n) is 6.49. The molecule has 7 nitrogen and oxygen atoms in total. The summed E-state index contributed by atoms with van der Waals surface area (Å²) in [5, 5.41) is 10.9. The molecule has 4 rings (SSSR count). The molecule has 0 spiro atoms. The molecule has 3 heterocycles. The number of hydrogen-bond acceptors (Lipinski definition) is 7. The largest absolute Gasteiger partial charge is 0.416 e. The predicted octanol–water partition coefficient (Wildman–Crippen LogP) is 3.73. The van der Waals surface area contributed by atoms with E-state index in [1.54, 1.807) is 23.1 Å². The molecule has 1 unspecified atom stereocenters. The van der Waals surface area contributed by atoms with Crippen LogP contribution in [0.4, 0.5) is 19.0 Å². The van der Waals surface area contributed by atoms with Crippen molar-refractivity contribution in [1.82, 2.24) is 24.8 Å². The lowest BCUT2D eigenvalue weighted by Gasteiger charge is -2.37. The number of aliphatic hydroxyl groups is 1. The standard InChI is InChI=1S/C27H29F3N6O/c1-3-23-21(8-5-18-6-10-24(31)32-16-18)25(34-17-33-23)19-7-9-20(22(15-19)27(28,29)30)26(37)36-13-11-35(4-2)12-14-36/h6-7,9-10,15-17,26,37H,3-4,11-14H2,1-2H3,(H2,31,32). The van der Waals surface area contributed by atoms with Crippen LogP contribution < -0.4 is 5.73 Å². The van der Waals surface area contributed by atoms with Crippen molar-refractivity contribution in [3.8, 4) is 23.1 Å². The van der Waals surface area contributed by atoms with Gasteiger partial charge in [-0.3, -0.25) is 4.90 Å². The molecule has 1 atom stereocenters. The van der Waals surface area contributed by atoms with Crippen molar-refractivity contribution in [2.24, 2.45) is 0 Å². The molecule has 0 amide bonds. The van der Waals surface area contributed by atoms with Gasteiger partial charge in [0.05, 0.1) is 22.5 Å². The molecule has 10 heteroatoms. The Kier molecular flexibility index (Phi) is 8.07. The van der Waals surface area contributed by atoms with Crippen molar-refractivity contribution >= 4 is 5.82 Å². The van der Waals surface area contributed by atoms with Gasteiger partial charge >= 0.3 is 6.18 Å². The highest BCUT2D eigenvalue weighted by atomic mass is 19.4. The minimum atomic E-state index is -4.67. The first-order valence-electron chi connectivity index (χ1n) is 12.1. The lowest BCUT2D eigenvalue weighted by molar-refractivity contribution is -0.141. The number of piperazine rings is 1. The van der Waals surface area contributed by atoms with Crippen LogP contribution in [0.1, 0.15) is 48.0 Å². The summed E-state index contributed by atoms with van der Waals surface area (Å²) in [6.45, 7) is 7.15. The summed E-state index contributed by atoms with van der Waals surface area (Å²) in [5.74, 6) is 6.36. The van der Waals surface area contributed by atoms with E-state index in [2.05, 4.69) is 31.7 Å². The molecule has 0 aliphatic carbocycles. The molecular weight excluding hydrogens is 481 g/mol. The second-order valence-electron chi connectivity index (χ2n) is 8.76. The molecule has 2 aromatic heterocycles. The number of hydrogen-bond donors (Lipinski definition) is 2. The van der Waals surface area contributed by atoms with Crippen LogP contribution in [0.15, 0.2) is 42.9 Å². The zero-order chi connectivity index (χ0) is 26.6. The number of halogens is 3. The average Bonchev–Trinajstić information content (AvgIpc) is 2.91. The van der Waals surface area contributed by atoms with Crippen LogP contribution in [0.2, 0.25) is 0 Å². The quantitative estimate of drug-likeness (QED) is 0.506. The molecule has 1 saturated heterocycles. The summed E-state index contributed by atoms with van der Waals surface area (Å²) in [6, 6.07) is 7.26. The Morgan fingerprint density at radius 3 is 2.41 bits per heavy atom. The highest BCUT2D eigenvalue weighted by Gasteiger charge is 2.37. The smallest absolute Gasteiger partial charge is 0.384 e. The number of rotatable bonds is 5. The Balaban J connectivity index is 1.74. The molecule has 1 fully saturated rings. The third kappa shape index (κ3) is 6.07. The summed E-state index contributed by atoms with van der Waals surface area (Å²) >= 11 is 0. The van der Waals surface area contributed by atoms with Gasteiger partial charge in [0.2, 0.25) is 0 Å². The first-order valence-corrected chi connectivity index (χ1v) is 12.1. The summed E-state index contributed by atoms with van der Waals surface area (Å²) in [4.78, 5) is 16.5. The van der Waals surface area contributed by atoms with Crippen molar-refractivity contribution in [1.29, 1.82) is 0 Å². The Labute approximate surface area is 214 Å². The monoisotopic (exact) mass is 510 g/mol. The lowest BCUT2D eigenvalue weighted by atomic mass is 9.96. The zero-order valence-corrected chi connectivity index (χ0v) is 20.8. The van der Waals surface area contributed by atoms with Crippen LogP contribution in [0.25, 0.3) is 11.3 Å². The van der Waals surface area contributed by atoms with Crippen LogP contribution in [-0.4, -0.2) is 62.6 Å². The van der Waals surface area contributed by atoms with Gasteiger partial charge in [0.1, 0.15) is 18.4 Å². The zero-order valence-electron chi connectivity index (χ0n) is 20.8. The SMILES string of the molecule is CCc1ncnc(-c2ccc(C(O)N3CCN(CC)CC3)c(C(F)(F)F)c2)c1C#Cc1ccc(N)nc1. The van der Waals surface area contributed by atoms with Crippen molar-refractivity contribution < 1.29 is 18.3 Å². The van der Waals surface area contributed by atoms with E-state index in [0.29, 0.717) is 60.9 Å². The fourth-order valence-corrected chi connectivity index (χ4v) is 4.35. The normalized spacial score (nSPS) is 15.7. The highest BCUT2D eigenvalue weighted by molar-refractivity contribution is 5.70. The van der Waals surface area contributed by atoms with Crippen LogP contribution >= 0.6 is 0 Å². The number of nitrogens with two attached hydrogens (primary N) is 1. The van der Waals surface area contributed by atoms with Gasteiger partial charge < -0.3 is 15.7 Å². The minimum Gasteiger partial charge on any atom is -0.384 e. The third-order valence-corrected chi connectivity index (χ3v) is 6.49. The molecule has 1 aliphatic rings. The highest BCUT2D eigenvalue weighted by Crippen LogP contribution is 2.38. The van der Waals surface area contributed by atoms with E-state index in [1.807, 2.05) is 13.8 Å². The first kappa shape index (κ1) is 26.5. The van der Waals surface area contributed by atoms with E-state index in [1.165, 1.54) is 18.6 Å². The first-order chi connectivity index (χ1) is 17.7. The number of aryl methyl sites for hydroxylation is 1. The molecule has 1 aliphatic heterocycles. The second kappa shape index (κ2) is 11.3. The van der Waals surface area contributed by atoms with Gasteiger partial charge in [-0.2, -0.15) is 13.2 Å². The number of benzene rings is 1. The molecule has 0 saturated carbocycles. The number of nitrogens with zero attached hydrogens (tertiary/aromatic N) is 5. The Morgan fingerprint density at radius 1 is 1.03 bits per heavy atom. The van der Waals surface area contributed by atoms with Gasteiger partial charge in [-0.25, -0.2) is 15.0 Å². The summed E-state index contributed by atoms with van der Waals surface area (Å²) in [6.07, 6.45) is -2.66. The van der Waals surface area contributed by atoms with E-state index in [4.69, 9.17) is 5.73 Å². The van der Waals surface area contributed by atoms with Crippen LogP contribution in [0, 0.1) is 11.8 Å². The fraction of sp³-hybridized carbons (Fsp3) is 0.370. The maximum absolute atomic E-state index is 14.2. The van der Waals surface area contributed by atoms with E-state index < -0.39 is 18.0 Å². The van der Waals surface area contributed by atoms with Crippen LogP contribution in [-0.2, 0) is 12.6 Å². The number of aromatic nitrogens is 3. The molecule has 194 valence electrons. The molecule has 0 radical (unpaired) electrons. The Hall–Kier alpha value is -3.52. The fourth-order valence-electron chi connectivity index (χ4n) is 4.35. The number of anilines is 1. The van der Waals surface area contributed by atoms with Gasteiger partial charge in [-0.15, -0.1) is 0 Å². The van der Waals surface area contributed by atoms with E-state index in [9.17, 15) is 18.3 Å². The van der Waals surface area contributed by atoms with Crippen molar-refractivity contribution in [2.75, 3.05) is 38.5 Å². The molecule has 1 aromatic carbocycles. The average molecular weight is 511 g/mol. The Morgan fingerprint density at radius 2 is 1.78 bits per heavy atom. The van der Waals surface area contributed by atoms with Gasteiger partial charge in [-0.05, 0) is 31.2 Å². The van der Waals surface area contributed by atoms with Crippen molar-refractivity contribution in [3.05, 3.63) is 70.8 Å². The van der Waals surface area contributed by atoms with Crippen LogP contribution in [0.5, 0.6) is 0 Å². The van der Waals surface area contributed by atoms with Gasteiger partial charge in [-0.1, -0.05) is 37.8 Å². The molecule has 0 bridgehead atoms. The van der Waals surface area contributed by atoms with E-state index in [-0.39, 0.29) is 11.1 Å². The predicted molar refractivity (Wildman–Crippen MR) is 135 cm³/mol. The van der Waals surface area contributed by atoms with Gasteiger partial charge in [0.25, 0.3) is 0 Å². The van der Waals surface area contributed by atoms with E-state index >= 15 is 0 Å². The number of likely N-dealkylation sites (N-methyl/N-ethyl adjacent to an activating group) is 1. The molecule has 37 heavy (non-hydrogen) atoms. The van der Waals surface area contributed by atoms with Gasteiger partial charge in [0.15, 0.2) is 0 Å². The lowest BCUT2D eigenvalue weighted by Crippen LogP contribution is -2.47. The Bertz CT molecular complexity index is 1290. The van der Waals surface area contributed by atoms with E-state index in [0.717, 1.165) is 12.6 Å². The molecule has 3 N–H and O–H groups in total. The number of alkyl halides is 3. The second-order valence-corrected chi connectivity index (χ2v) is 8.76. The van der Waals surface area contributed by atoms with Crippen LogP contribution in [0.3, 0.4) is 0 Å². The summed E-state index contributed by atoms with van der Waals surface area (Å²) in [5.41, 5.74) is 6.76. The molecular formula is C27H29F3N6O. The molecule has 3 aromatic rings. The number of nitrogen functional groups attached to an aromatic ring is 1. The maximum atomic E-state index is 14.2. The topological polar surface area (TPSA) is 91.4 Å². The summed E-state index contributed by atoms with van der Waals surface area (Å²) in [7, 11) is 0. The minimum absolute atomic E-state index is 0.174. The van der Waals surface area contributed by atoms with Gasteiger partial charge in [0, 0.05) is 49.1 Å². The number of aliphatic hydroxyl groups excluding tert-OH is 1. The summed E-state index contributed by atoms with van der Waals surface area (Å²) < 4.78 is 42.7. The number of pyridine rings is 1. The van der Waals surface area contributed by atoms with Crippen molar-refractivity contribution in [3.63, 3.8) is 0 Å². The van der Waals surface area contributed by atoms with Crippen molar-refractivity contribution in [2.45, 2.75) is 32.7 Å². The maximum Gasteiger partial charge on any atom is 0.416 e.